The summed E-state index contributed by atoms with van der Waals surface area (Å²) in [4.78, 5) is 5.35. The van der Waals surface area contributed by atoms with Crippen LogP contribution in [0.5, 0.6) is 0 Å². The van der Waals surface area contributed by atoms with Crippen molar-refractivity contribution in [2.45, 2.75) is 12.5 Å². The molecule has 1 aromatic carbocycles. The fraction of sp³-hybridized carbons (Fsp3) is 0.250. The van der Waals surface area contributed by atoms with E-state index < -0.39 is 0 Å². The first-order valence-electron chi connectivity index (χ1n) is 5.09. The van der Waals surface area contributed by atoms with E-state index in [4.69, 9.17) is 11.6 Å². The van der Waals surface area contributed by atoms with Crippen molar-refractivity contribution in [3.63, 3.8) is 0 Å². The summed E-state index contributed by atoms with van der Waals surface area (Å²) in [6.07, 6.45) is 2.84. The molecule has 1 N–H and O–H groups in total. The minimum atomic E-state index is 0.311. The lowest BCUT2D eigenvalue weighted by Gasteiger charge is -2.14. The Morgan fingerprint density at radius 1 is 1.50 bits per heavy atom. The molecule has 2 rings (SSSR count). The highest BCUT2D eigenvalue weighted by atomic mass is 35.5. The van der Waals surface area contributed by atoms with Crippen LogP contribution in [0, 0.1) is 0 Å². The zero-order chi connectivity index (χ0) is 11.4. The molecule has 0 fully saturated rings. The number of rotatable bonds is 4. The largest absolute Gasteiger partial charge is 0.312 e. The van der Waals surface area contributed by atoms with E-state index in [1.54, 1.807) is 11.3 Å². The topological polar surface area (TPSA) is 24.9 Å². The lowest BCUT2D eigenvalue weighted by atomic mass is 10.1. The van der Waals surface area contributed by atoms with Crippen molar-refractivity contribution in [3.05, 3.63) is 51.4 Å². The predicted octanol–water partition coefficient (Wildman–Crippen LogP) is 3.30. The maximum atomic E-state index is 5.97. The minimum Gasteiger partial charge on any atom is -0.312 e. The maximum Gasteiger partial charge on any atom is 0.0794 e. The standard InChI is InChI=1S/C12H13ClN2S/c1-14-11(12-7-15-8-16-12)6-9-3-2-4-10(13)5-9/h2-5,7-8,11,14H,6H2,1H3. The summed E-state index contributed by atoms with van der Waals surface area (Å²) >= 11 is 7.64. The number of halogens is 1. The van der Waals surface area contributed by atoms with Crippen molar-refractivity contribution < 1.29 is 0 Å². The highest BCUT2D eigenvalue weighted by molar-refractivity contribution is 7.09. The van der Waals surface area contributed by atoms with Crippen molar-refractivity contribution in [1.29, 1.82) is 0 Å². The van der Waals surface area contributed by atoms with Crippen molar-refractivity contribution >= 4 is 22.9 Å². The summed E-state index contributed by atoms with van der Waals surface area (Å²) in [6.45, 7) is 0. The number of likely N-dealkylation sites (N-methyl/N-ethyl adjacent to an activating group) is 1. The van der Waals surface area contributed by atoms with Gasteiger partial charge in [0.2, 0.25) is 0 Å². The van der Waals surface area contributed by atoms with E-state index in [2.05, 4.69) is 16.4 Å². The molecule has 16 heavy (non-hydrogen) atoms. The van der Waals surface area contributed by atoms with E-state index in [1.165, 1.54) is 10.4 Å². The first-order valence-corrected chi connectivity index (χ1v) is 6.35. The second-order valence-electron chi connectivity index (χ2n) is 3.58. The monoisotopic (exact) mass is 252 g/mol. The molecule has 1 atom stereocenters. The number of nitrogens with zero attached hydrogens (tertiary/aromatic N) is 1. The predicted molar refractivity (Wildman–Crippen MR) is 69.1 cm³/mol. The summed E-state index contributed by atoms with van der Waals surface area (Å²) in [7, 11) is 1.97. The van der Waals surface area contributed by atoms with Gasteiger partial charge in [0.05, 0.1) is 5.51 Å². The van der Waals surface area contributed by atoms with Gasteiger partial charge in [-0.25, -0.2) is 0 Å². The van der Waals surface area contributed by atoms with Crippen LogP contribution in [-0.4, -0.2) is 12.0 Å². The zero-order valence-corrected chi connectivity index (χ0v) is 10.6. The molecule has 84 valence electrons. The molecule has 4 heteroatoms. The van der Waals surface area contributed by atoms with Gasteiger partial charge in [0, 0.05) is 22.1 Å². The van der Waals surface area contributed by atoms with E-state index in [0.717, 1.165) is 11.4 Å². The van der Waals surface area contributed by atoms with Gasteiger partial charge in [-0.3, -0.25) is 4.98 Å². The van der Waals surface area contributed by atoms with Crippen LogP contribution in [0.25, 0.3) is 0 Å². The Morgan fingerprint density at radius 2 is 2.38 bits per heavy atom. The Kier molecular flexibility index (Phi) is 3.93. The zero-order valence-electron chi connectivity index (χ0n) is 8.98. The van der Waals surface area contributed by atoms with Crippen LogP contribution in [-0.2, 0) is 6.42 Å². The highest BCUT2D eigenvalue weighted by Crippen LogP contribution is 2.22. The van der Waals surface area contributed by atoms with Crippen LogP contribution in [0.4, 0.5) is 0 Å². The lowest BCUT2D eigenvalue weighted by molar-refractivity contribution is 0.601. The molecular formula is C12H13ClN2S. The SMILES string of the molecule is CNC(Cc1cccc(Cl)c1)c1cncs1. The highest BCUT2D eigenvalue weighted by Gasteiger charge is 2.11. The molecule has 0 amide bonds. The molecule has 1 heterocycles. The third-order valence-corrected chi connectivity index (χ3v) is 3.60. The van der Waals surface area contributed by atoms with Gasteiger partial charge < -0.3 is 5.32 Å². The summed E-state index contributed by atoms with van der Waals surface area (Å²) < 4.78 is 0. The van der Waals surface area contributed by atoms with Crippen molar-refractivity contribution in [1.82, 2.24) is 10.3 Å². The maximum absolute atomic E-state index is 5.97. The summed E-state index contributed by atoms with van der Waals surface area (Å²) in [5.41, 5.74) is 3.10. The molecule has 0 bridgehead atoms. The Hall–Kier alpha value is -0.900. The van der Waals surface area contributed by atoms with E-state index >= 15 is 0 Å². The number of thiazole rings is 1. The van der Waals surface area contributed by atoms with Gasteiger partial charge in [0.25, 0.3) is 0 Å². The van der Waals surface area contributed by atoms with Crippen molar-refractivity contribution in [3.8, 4) is 0 Å². The molecule has 0 saturated heterocycles. The summed E-state index contributed by atoms with van der Waals surface area (Å²) in [5, 5.41) is 4.09. The van der Waals surface area contributed by atoms with Gasteiger partial charge >= 0.3 is 0 Å². The van der Waals surface area contributed by atoms with Crippen LogP contribution in [0.2, 0.25) is 5.02 Å². The second-order valence-corrected chi connectivity index (χ2v) is 4.93. The minimum absolute atomic E-state index is 0.311. The van der Waals surface area contributed by atoms with Crippen molar-refractivity contribution in [2.75, 3.05) is 7.05 Å². The van der Waals surface area contributed by atoms with E-state index in [9.17, 15) is 0 Å². The fourth-order valence-corrected chi connectivity index (χ4v) is 2.59. The van der Waals surface area contributed by atoms with Gasteiger partial charge in [-0.2, -0.15) is 0 Å². The Bertz CT molecular complexity index is 442. The number of hydrogen-bond acceptors (Lipinski definition) is 3. The molecule has 0 aliphatic carbocycles. The molecule has 0 aliphatic rings. The number of nitrogens with one attached hydrogen (secondary N) is 1. The van der Waals surface area contributed by atoms with E-state index in [1.807, 2.05) is 37.0 Å². The fourth-order valence-electron chi connectivity index (χ4n) is 1.64. The molecule has 1 aromatic heterocycles. The average Bonchev–Trinajstić information content (AvgIpc) is 2.79. The smallest absolute Gasteiger partial charge is 0.0794 e. The molecule has 2 nitrogen and oxygen atoms in total. The summed E-state index contributed by atoms with van der Waals surface area (Å²) in [5.74, 6) is 0. The molecule has 0 aliphatic heterocycles. The normalized spacial score (nSPS) is 12.6. The molecular weight excluding hydrogens is 240 g/mol. The van der Waals surface area contributed by atoms with E-state index in [-0.39, 0.29) is 0 Å². The second kappa shape index (κ2) is 5.43. The first kappa shape index (κ1) is 11.6. The summed E-state index contributed by atoms with van der Waals surface area (Å²) in [6, 6.07) is 8.29. The van der Waals surface area contributed by atoms with Crippen LogP contribution in [0.15, 0.2) is 36.0 Å². The van der Waals surface area contributed by atoms with Gasteiger partial charge in [-0.15, -0.1) is 11.3 Å². The van der Waals surface area contributed by atoms with E-state index in [0.29, 0.717) is 6.04 Å². The Balaban J connectivity index is 2.13. The molecule has 0 radical (unpaired) electrons. The first-order chi connectivity index (χ1) is 7.79. The van der Waals surface area contributed by atoms with Gasteiger partial charge in [0.1, 0.15) is 0 Å². The number of benzene rings is 1. The van der Waals surface area contributed by atoms with Gasteiger partial charge in [0.15, 0.2) is 0 Å². The Morgan fingerprint density at radius 3 is 3.00 bits per heavy atom. The van der Waals surface area contributed by atoms with Gasteiger partial charge in [-0.1, -0.05) is 23.7 Å². The number of hydrogen-bond donors (Lipinski definition) is 1. The third kappa shape index (κ3) is 2.82. The third-order valence-electron chi connectivity index (χ3n) is 2.47. The van der Waals surface area contributed by atoms with Crippen LogP contribution in [0.1, 0.15) is 16.5 Å². The quantitative estimate of drug-likeness (QED) is 0.903. The average molecular weight is 253 g/mol. The van der Waals surface area contributed by atoms with Crippen molar-refractivity contribution in [2.24, 2.45) is 0 Å². The van der Waals surface area contributed by atoms with Gasteiger partial charge in [-0.05, 0) is 31.2 Å². The van der Waals surface area contributed by atoms with Crippen LogP contribution in [0.3, 0.4) is 0 Å². The number of aromatic nitrogens is 1. The molecule has 2 aromatic rings. The van der Waals surface area contributed by atoms with Crippen LogP contribution >= 0.6 is 22.9 Å². The lowest BCUT2D eigenvalue weighted by Crippen LogP contribution is -2.17. The Labute approximate surface area is 104 Å². The molecule has 0 saturated carbocycles. The van der Waals surface area contributed by atoms with Crippen LogP contribution < -0.4 is 5.32 Å². The molecule has 0 spiro atoms. The molecule has 1 unspecified atom stereocenters.